The van der Waals surface area contributed by atoms with Crippen LogP contribution in [0.5, 0.6) is 0 Å². The van der Waals surface area contributed by atoms with Crippen LogP contribution in [0, 0.1) is 6.92 Å². The first kappa shape index (κ1) is 13.6. The van der Waals surface area contributed by atoms with Crippen LogP contribution in [-0.2, 0) is 9.53 Å². The van der Waals surface area contributed by atoms with Gasteiger partial charge in [0.05, 0.1) is 6.61 Å². The number of ether oxygens (including phenoxy) is 1. The van der Waals surface area contributed by atoms with Crippen molar-refractivity contribution in [2.75, 3.05) is 11.9 Å². The van der Waals surface area contributed by atoms with Crippen molar-refractivity contribution in [1.82, 2.24) is 0 Å². The van der Waals surface area contributed by atoms with Crippen molar-refractivity contribution in [1.29, 1.82) is 0 Å². The largest absolute Gasteiger partial charge is 0.463 e. The number of carbonyl (C=O) groups excluding carboxylic acids is 1. The molecule has 3 nitrogen and oxygen atoms in total. The Balaban J connectivity index is 2.74. The number of hydrogen-bond donors (Lipinski definition) is 1. The van der Waals surface area contributed by atoms with Crippen LogP contribution < -0.4 is 5.32 Å². The molecule has 1 aromatic rings. The Morgan fingerprint density at radius 1 is 1.53 bits per heavy atom. The summed E-state index contributed by atoms with van der Waals surface area (Å²) in [6.45, 7) is 5.91. The lowest BCUT2D eigenvalue weighted by molar-refractivity contribution is -0.137. The summed E-state index contributed by atoms with van der Waals surface area (Å²) in [6, 6.07) is 5.54. The molecule has 0 spiro atoms. The standard InChI is InChI=1S/C13H16ClNO2/c1-4-17-13(16)8-10(3)15-12-6-5-11(14)7-9(12)2/h5-8,15H,4H2,1-3H3. The minimum absolute atomic E-state index is 0.343. The van der Waals surface area contributed by atoms with Gasteiger partial charge >= 0.3 is 5.97 Å². The van der Waals surface area contributed by atoms with Crippen molar-refractivity contribution in [3.05, 3.63) is 40.6 Å². The van der Waals surface area contributed by atoms with E-state index in [0.29, 0.717) is 11.6 Å². The van der Waals surface area contributed by atoms with E-state index in [0.717, 1.165) is 16.9 Å². The topological polar surface area (TPSA) is 38.3 Å². The van der Waals surface area contributed by atoms with Gasteiger partial charge in [-0.1, -0.05) is 11.6 Å². The van der Waals surface area contributed by atoms with Crippen molar-refractivity contribution in [3.8, 4) is 0 Å². The zero-order valence-corrected chi connectivity index (χ0v) is 11.0. The van der Waals surface area contributed by atoms with Gasteiger partial charge in [-0.05, 0) is 44.5 Å². The summed E-state index contributed by atoms with van der Waals surface area (Å²) >= 11 is 5.86. The van der Waals surface area contributed by atoms with Gasteiger partial charge < -0.3 is 10.1 Å². The molecule has 0 atom stereocenters. The van der Waals surface area contributed by atoms with Crippen molar-refractivity contribution in [2.24, 2.45) is 0 Å². The number of nitrogens with one attached hydrogen (secondary N) is 1. The van der Waals surface area contributed by atoms with Crippen molar-refractivity contribution in [3.63, 3.8) is 0 Å². The molecule has 0 saturated carbocycles. The number of benzene rings is 1. The molecule has 0 amide bonds. The van der Waals surface area contributed by atoms with Gasteiger partial charge in [-0.2, -0.15) is 0 Å². The van der Waals surface area contributed by atoms with Gasteiger partial charge in [0.15, 0.2) is 0 Å². The highest BCUT2D eigenvalue weighted by molar-refractivity contribution is 6.30. The molecule has 0 bridgehead atoms. The van der Waals surface area contributed by atoms with E-state index in [9.17, 15) is 4.79 Å². The first-order valence-electron chi connectivity index (χ1n) is 5.41. The molecule has 0 saturated heterocycles. The SMILES string of the molecule is CCOC(=O)C=C(C)Nc1ccc(Cl)cc1C. The molecule has 0 aliphatic rings. The van der Waals surface area contributed by atoms with Crippen LogP contribution in [-0.4, -0.2) is 12.6 Å². The quantitative estimate of drug-likeness (QED) is 0.659. The summed E-state index contributed by atoms with van der Waals surface area (Å²) in [4.78, 5) is 11.2. The second kappa shape index (κ2) is 6.30. The van der Waals surface area contributed by atoms with E-state index < -0.39 is 0 Å². The van der Waals surface area contributed by atoms with Gasteiger partial charge in [-0.25, -0.2) is 4.79 Å². The number of rotatable bonds is 4. The van der Waals surface area contributed by atoms with Crippen molar-refractivity contribution < 1.29 is 9.53 Å². The molecule has 1 rings (SSSR count). The molecular weight excluding hydrogens is 238 g/mol. The van der Waals surface area contributed by atoms with Gasteiger partial charge in [-0.15, -0.1) is 0 Å². The third kappa shape index (κ3) is 4.49. The predicted molar refractivity (Wildman–Crippen MR) is 70.2 cm³/mol. The number of carbonyl (C=O) groups is 1. The number of allylic oxidation sites excluding steroid dienone is 1. The molecule has 1 N–H and O–H groups in total. The highest BCUT2D eigenvalue weighted by Crippen LogP contribution is 2.20. The minimum atomic E-state index is -0.343. The number of esters is 1. The molecule has 0 aliphatic carbocycles. The number of aryl methyl sites for hydroxylation is 1. The summed E-state index contributed by atoms with van der Waals surface area (Å²) in [5.74, 6) is -0.343. The summed E-state index contributed by atoms with van der Waals surface area (Å²) < 4.78 is 4.82. The second-order valence-corrected chi connectivity index (χ2v) is 4.10. The van der Waals surface area contributed by atoms with E-state index in [-0.39, 0.29) is 5.97 Å². The Morgan fingerprint density at radius 2 is 2.24 bits per heavy atom. The van der Waals surface area contributed by atoms with Crippen molar-refractivity contribution in [2.45, 2.75) is 20.8 Å². The summed E-state index contributed by atoms with van der Waals surface area (Å²) in [5.41, 5.74) is 2.68. The van der Waals surface area contributed by atoms with Gasteiger partial charge in [0, 0.05) is 22.5 Å². The maximum absolute atomic E-state index is 11.2. The van der Waals surface area contributed by atoms with Crippen LogP contribution in [0.25, 0.3) is 0 Å². The lowest BCUT2D eigenvalue weighted by Crippen LogP contribution is -2.04. The van der Waals surface area contributed by atoms with Crippen LogP contribution in [0.3, 0.4) is 0 Å². The van der Waals surface area contributed by atoms with Crippen LogP contribution in [0.4, 0.5) is 5.69 Å². The minimum Gasteiger partial charge on any atom is -0.463 e. The zero-order chi connectivity index (χ0) is 12.8. The Hall–Kier alpha value is -1.48. The summed E-state index contributed by atoms with van der Waals surface area (Å²) in [5, 5.41) is 3.82. The van der Waals surface area contributed by atoms with Crippen LogP contribution in [0.15, 0.2) is 30.0 Å². The number of halogens is 1. The number of anilines is 1. The van der Waals surface area contributed by atoms with E-state index in [4.69, 9.17) is 16.3 Å². The molecule has 1 aromatic carbocycles. The Bertz CT molecular complexity index is 441. The molecular formula is C13H16ClNO2. The molecule has 0 aliphatic heterocycles. The molecule has 0 fully saturated rings. The highest BCUT2D eigenvalue weighted by Gasteiger charge is 2.01. The van der Waals surface area contributed by atoms with E-state index in [2.05, 4.69) is 5.32 Å². The monoisotopic (exact) mass is 253 g/mol. The third-order valence-electron chi connectivity index (χ3n) is 2.14. The smallest absolute Gasteiger partial charge is 0.332 e. The summed E-state index contributed by atoms with van der Waals surface area (Å²) in [6.07, 6.45) is 1.43. The molecule has 4 heteroatoms. The first-order chi connectivity index (χ1) is 8.02. The molecule has 17 heavy (non-hydrogen) atoms. The average Bonchev–Trinajstić information content (AvgIpc) is 2.22. The average molecular weight is 254 g/mol. The molecule has 0 unspecified atom stereocenters. The van der Waals surface area contributed by atoms with Crippen LogP contribution in [0.1, 0.15) is 19.4 Å². The number of hydrogen-bond acceptors (Lipinski definition) is 3. The molecule has 0 heterocycles. The summed E-state index contributed by atoms with van der Waals surface area (Å²) in [7, 11) is 0. The van der Waals surface area contributed by atoms with Gasteiger partial charge in [0.1, 0.15) is 0 Å². The normalized spacial score (nSPS) is 11.2. The molecule has 92 valence electrons. The third-order valence-corrected chi connectivity index (χ3v) is 2.38. The van der Waals surface area contributed by atoms with Gasteiger partial charge in [0.25, 0.3) is 0 Å². The fourth-order valence-corrected chi connectivity index (χ4v) is 1.60. The Kier molecular flexibility index (Phi) is 5.04. The predicted octanol–water partition coefficient (Wildman–Crippen LogP) is 3.53. The zero-order valence-electron chi connectivity index (χ0n) is 10.2. The van der Waals surface area contributed by atoms with Gasteiger partial charge in [-0.3, -0.25) is 0 Å². The molecule has 0 aromatic heterocycles. The second-order valence-electron chi connectivity index (χ2n) is 3.66. The van der Waals surface area contributed by atoms with Gasteiger partial charge in [0.2, 0.25) is 0 Å². The highest BCUT2D eigenvalue weighted by atomic mass is 35.5. The van der Waals surface area contributed by atoms with Crippen LogP contribution in [0.2, 0.25) is 5.02 Å². The maximum atomic E-state index is 11.2. The molecule has 0 radical (unpaired) electrons. The first-order valence-corrected chi connectivity index (χ1v) is 5.79. The Morgan fingerprint density at radius 3 is 2.82 bits per heavy atom. The lowest BCUT2D eigenvalue weighted by atomic mass is 10.2. The lowest BCUT2D eigenvalue weighted by Gasteiger charge is -2.09. The van der Waals surface area contributed by atoms with Crippen molar-refractivity contribution >= 4 is 23.3 Å². The van der Waals surface area contributed by atoms with E-state index in [1.54, 1.807) is 13.0 Å². The van der Waals surface area contributed by atoms with Crippen LogP contribution >= 0.6 is 11.6 Å². The fraction of sp³-hybridized carbons (Fsp3) is 0.308. The van der Waals surface area contributed by atoms with E-state index in [1.807, 2.05) is 26.0 Å². The van der Waals surface area contributed by atoms with E-state index in [1.165, 1.54) is 6.08 Å². The Labute approximate surface area is 106 Å². The fourth-order valence-electron chi connectivity index (χ4n) is 1.38. The van der Waals surface area contributed by atoms with E-state index >= 15 is 0 Å². The maximum Gasteiger partial charge on any atom is 0.332 e.